The number of aromatic nitrogens is 2. The van der Waals surface area contributed by atoms with Gasteiger partial charge < -0.3 is 44.6 Å². The van der Waals surface area contributed by atoms with Gasteiger partial charge in [0.15, 0.2) is 6.10 Å². The lowest BCUT2D eigenvalue weighted by atomic mass is 9.99. The smallest absolute Gasteiger partial charge is 0.458 e. The second kappa shape index (κ2) is 12.4. The van der Waals surface area contributed by atoms with Crippen molar-refractivity contribution in [1.29, 1.82) is 0 Å². The first kappa shape index (κ1) is 28.9. The van der Waals surface area contributed by atoms with Crippen molar-refractivity contribution in [2.24, 2.45) is 0 Å². The van der Waals surface area contributed by atoms with Crippen LogP contribution in [-0.4, -0.2) is 80.1 Å². The summed E-state index contributed by atoms with van der Waals surface area (Å²) in [6.07, 6.45) is -5.36. The van der Waals surface area contributed by atoms with E-state index in [2.05, 4.69) is 9.97 Å². The highest BCUT2D eigenvalue weighted by atomic mass is 31.2. The SMILES string of the molecule is Nc1ccccc1C(=O)O[C@@H]1O[C@H](COC(=O)c2ccc[nH]2)[C@@H](O)[C@H](OP(=O)(O)O)[C@H]1OC(=O)c1cccnc1. The number of hydrogen-bond donors (Lipinski definition) is 5. The molecular weight excluding hydrogens is 553 g/mol. The Morgan fingerprint density at radius 1 is 1.00 bits per heavy atom. The van der Waals surface area contributed by atoms with E-state index >= 15 is 0 Å². The maximum Gasteiger partial charge on any atom is 0.470 e. The minimum Gasteiger partial charge on any atom is -0.458 e. The van der Waals surface area contributed by atoms with Crippen LogP contribution in [0.5, 0.6) is 0 Å². The van der Waals surface area contributed by atoms with E-state index in [0.29, 0.717) is 0 Å². The molecule has 1 fully saturated rings. The van der Waals surface area contributed by atoms with E-state index in [1.54, 1.807) is 12.1 Å². The second-order valence-electron chi connectivity index (χ2n) is 8.38. The van der Waals surface area contributed by atoms with Gasteiger partial charge in [-0.3, -0.25) is 9.51 Å². The molecule has 5 atom stereocenters. The van der Waals surface area contributed by atoms with Gasteiger partial charge in [0.05, 0.1) is 11.1 Å². The van der Waals surface area contributed by atoms with E-state index in [1.807, 2.05) is 0 Å². The number of para-hydroxylation sites is 1. The fraction of sp³-hybridized carbons (Fsp3) is 0.250. The van der Waals surface area contributed by atoms with Crippen LogP contribution < -0.4 is 5.73 Å². The second-order valence-corrected chi connectivity index (χ2v) is 9.57. The van der Waals surface area contributed by atoms with E-state index in [0.717, 1.165) is 6.20 Å². The number of rotatable bonds is 9. The molecule has 3 heterocycles. The van der Waals surface area contributed by atoms with Gasteiger partial charge in [-0.25, -0.2) is 18.9 Å². The number of carbonyl (C=O) groups is 3. The molecular formula is C24H24N3O12P. The summed E-state index contributed by atoms with van der Waals surface area (Å²) < 4.78 is 38.1. The molecule has 1 aliphatic rings. The Labute approximate surface area is 226 Å². The number of benzene rings is 1. The molecule has 1 saturated heterocycles. The van der Waals surface area contributed by atoms with E-state index < -0.39 is 63.0 Å². The fourth-order valence-corrected chi connectivity index (χ4v) is 4.31. The summed E-state index contributed by atoms with van der Waals surface area (Å²) in [5.41, 5.74) is 5.77. The molecule has 0 spiro atoms. The van der Waals surface area contributed by atoms with Crippen molar-refractivity contribution in [2.45, 2.75) is 30.7 Å². The molecule has 0 amide bonds. The zero-order chi connectivity index (χ0) is 28.9. The zero-order valence-corrected chi connectivity index (χ0v) is 21.3. The normalized spacial score (nSPS) is 22.7. The van der Waals surface area contributed by atoms with E-state index in [9.17, 15) is 33.8 Å². The minimum absolute atomic E-state index is 0.0340. The molecule has 0 aliphatic carbocycles. The Morgan fingerprint density at radius 3 is 2.42 bits per heavy atom. The number of nitrogens with two attached hydrogens (primary N) is 1. The molecule has 15 nitrogen and oxygen atoms in total. The Morgan fingerprint density at radius 2 is 1.77 bits per heavy atom. The summed E-state index contributed by atoms with van der Waals surface area (Å²) in [6, 6.07) is 11.5. The van der Waals surface area contributed by atoms with E-state index in [1.165, 1.54) is 48.8 Å². The summed E-state index contributed by atoms with van der Waals surface area (Å²) in [5.74, 6) is -2.96. The number of hydrogen-bond acceptors (Lipinski definition) is 12. The Balaban J connectivity index is 1.64. The van der Waals surface area contributed by atoms with Crippen molar-refractivity contribution in [1.82, 2.24) is 9.97 Å². The minimum atomic E-state index is -5.35. The Bertz CT molecular complexity index is 1380. The lowest BCUT2D eigenvalue weighted by Crippen LogP contribution is -2.61. The van der Waals surface area contributed by atoms with Gasteiger partial charge in [-0.15, -0.1) is 0 Å². The van der Waals surface area contributed by atoms with Gasteiger partial charge in [0.1, 0.15) is 30.6 Å². The van der Waals surface area contributed by atoms with E-state index in [4.69, 9.17) is 29.2 Å². The fourth-order valence-electron chi connectivity index (χ4n) is 3.75. The average molecular weight is 577 g/mol. The quantitative estimate of drug-likeness (QED) is 0.103. The number of carbonyl (C=O) groups excluding carboxylic acids is 3. The number of aromatic amines is 1. The van der Waals surface area contributed by atoms with Crippen molar-refractivity contribution in [3.63, 3.8) is 0 Å². The summed E-state index contributed by atoms with van der Waals surface area (Å²) in [4.78, 5) is 63.6. The largest absolute Gasteiger partial charge is 0.470 e. The number of aliphatic hydroxyl groups excluding tert-OH is 1. The van der Waals surface area contributed by atoms with E-state index in [-0.39, 0.29) is 22.5 Å². The lowest BCUT2D eigenvalue weighted by molar-refractivity contribution is -0.281. The van der Waals surface area contributed by atoms with Crippen LogP contribution in [0.2, 0.25) is 0 Å². The van der Waals surface area contributed by atoms with Crippen LogP contribution >= 0.6 is 7.82 Å². The number of ether oxygens (including phenoxy) is 4. The van der Waals surface area contributed by atoms with Gasteiger partial charge >= 0.3 is 25.7 Å². The van der Waals surface area contributed by atoms with Crippen molar-refractivity contribution in [2.75, 3.05) is 12.3 Å². The van der Waals surface area contributed by atoms with Crippen molar-refractivity contribution in [3.8, 4) is 0 Å². The first-order chi connectivity index (χ1) is 19.0. The van der Waals surface area contributed by atoms with Gasteiger partial charge in [0.25, 0.3) is 0 Å². The van der Waals surface area contributed by atoms with Crippen molar-refractivity contribution < 1.29 is 57.3 Å². The maximum absolute atomic E-state index is 13.0. The number of phosphoric acid groups is 1. The monoisotopic (exact) mass is 577 g/mol. The number of phosphoric ester groups is 1. The number of nitrogen functional groups attached to an aromatic ring is 1. The number of anilines is 1. The first-order valence-corrected chi connectivity index (χ1v) is 13.1. The summed E-state index contributed by atoms with van der Waals surface area (Å²) in [7, 11) is -5.35. The topological polar surface area (TPSA) is 230 Å². The van der Waals surface area contributed by atoms with Crippen LogP contribution in [0.25, 0.3) is 0 Å². The molecule has 0 saturated carbocycles. The summed E-state index contributed by atoms with van der Waals surface area (Å²) >= 11 is 0. The highest BCUT2D eigenvalue weighted by Gasteiger charge is 2.53. The Hall–Kier alpha value is -4.11. The first-order valence-electron chi connectivity index (χ1n) is 11.6. The van der Waals surface area contributed by atoms with Gasteiger partial charge in [0.2, 0.25) is 6.29 Å². The van der Waals surface area contributed by atoms with Crippen LogP contribution in [0.15, 0.2) is 67.1 Å². The van der Waals surface area contributed by atoms with Crippen LogP contribution in [0, 0.1) is 0 Å². The lowest BCUT2D eigenvalue weighted by Gasteiger charge is -2.42. The molecule has 16 heteroatoms. The number of H-pyrrole nitrogens is 1. The average Bonchev–Trinajstić information content (AvgIpc) is 3.46. The number of nitrogens with zero attached hydrogens (tertiary/aromatic N) is 1. The maximum atomic E-state index is 13.0. The molecule has 212 valence electrons. The molecule has 0 unspecified atom stereocenters. The molecule has 1 aliphatic heterocycles. The highest BCUT2D eigenvalue weighted by Crippen LogP contribution is 2.42. The molecule has 2 aromatic heterocycles. The number of pyridine rings is 1. The molecule has 0 bridgehead atoms. The van der Waals surface area contributed by atoms with Crippen LogP contribution in [0.4, 0.5) is 5.69 Å². The summed E-state index contributed by atoms with van der Waals surface area (Å²) in [5, 5.41) is 10.9. The highest BCUT2D eigenvalue weighted by molar-refractivity contribution is 7.46. The molecule has 40 heavy (non-hydrogen) atoms. The van der Waals surface area contributed by atoms with Crippen LogP contribution in [0.3, 0.4) is 0 Å². The third-order valence-electron chi connectivity index (χ3n) is 5.62. The number of nitrogens with one attached hydrogen (secondary N) is 1. The summed E-state index contributed by atoms with van der Waals surface area (Å²) in [6.45, 7) is -0.676. The predicted molar refractivity (Wildman–Crippen MR) is 132 cm³/mol. The number of aliphatic hydroxyl groups is 1. The molecule has 0 radical (unpaired) electrons. The predicted octanol–water partition coefficient (Wildman–Crippen LogP) is 0.795. The van der Waals surface area contributed by atoms with Crippen molar-refractivity contribution >= 4 is 31.4 Å². The third-order valence-corrected chi connectivity index (χ3v) is 6.14. The third kappa shape index (κ3) is 7.09. The molecule has 1 aromatic carbocycles. The van der Waals surface area contributed by atoms with Gasteiger partial charge in [-0.05, 0) is 36.4 Å². The molecule has 6 N–H and O–H groups in total. The van der Waals surface area contributed by atoms with Gasteiger partial charge in [0, 0.05) is 24.3 Å². The Kier molecular flexibility index (Phi) is 8.94. The zero-order valence-electron chi connectivity index (χ0n) is 20.4. The van der Waals surface area contributed by atoms with Crippen LogP contribution in [-0.2, 0) is 28.0 Å². The van der Waals surface area contributed by atoms with Gasteiger partial charge in [-0.2, -0.15) is 0 Å². The standard InChI is InChI=1S/C24H24N3O12P/c25-15-7-2-1-6-14(15)22(30)38-24-20(37-21(29)13-5-3-9-26-11-13)19(39-40(32,33)34)18(28)17(36-24)12-35-23(31)16-8-4-10-27-16/h1-11,17-20,24,27-28H,12,25H2,(H2,32,33,34)/t17-,18-,19+,20-,24+/m1/s1. The molecule has 4 rings (SSSR count). The number of esters is 3. The van der Waals surface area contributed by atoms with Crippen LogP contribution in [0.1, 0.15) is 31.2 Å². The van der Waals surface area contributed by atoms with Gasteiger partial charge in [-0.1, -0.05) is 12.1 Å². The molecule has 3 aromatic rings. The van der Waals surface area contributed by atoms with Crippen molar-refractivity contribution in [3.05, 3.63) is 83.9 Å².